The molecule has 1 aromatic heterocycles. The lowest BCUT2D eigenvalue weighted by molar-refractivity contribution is 0.0775. The summed E-state index contributed by atoms with van der Waals surface area (Å²) in [5.74, 6) is 1.27. The lowest BCUT2D eigenvalue weighted by Gasteiger charge is -2.16. The van der Waals surface area contributed by atoms with Gasteiger partial charge in [0, 0.05) is 38.6 Å². The number of hydrogen-bond donors (Lipinski definition) is 1. The number of likely N-dealkylation sites (tertiary alicyclic amines) is 1. The van der Waals surface area contributed by atoms with Gasteiger partial charge in [-0.15, -0.1) is 0 Å². The van der Waals surface area contributed by atoms with E-state index in [1.54, 1.807) is 12.4 Å². The molecule has 2 atom stereocenters. The van der Waals surface area contributed by atoms with Gasteiger partial charge in [0.15, 0.2) is 0 Å². The summed E-state index contributed by atoms with van der Waals surface area (Å²) in [5, 5.41) is 3.36. The highest BCUT2D eigenvalue weighted by atomic mass is 16.2. The van der Waals surface area contributed by atoms with E-state index in [2.05, 4.69) is 15.3 Å². The highest BCUT2D eigenvalue weighted by molar-refractivity contribution is 5.92. The predicted octanol–water partition coefficient (Wildman–Crippen LogP) is -0.232. The fourth-order valence-corrected chi connectivity index (χ4v) is 2.59. The maximum Gasteiger partial charge on any atom is 0.274 e. The molecular formula is C11H14N4O. The van der Waals surface area contributed by atoms with Gasteiger partial charge in [0.2, 0.25) is 0 Å². The number of aromatic nitrogens is 2. The van der Waals surface area contributed by atoms with Crippen molar-refractivity contribution in [2.75, 3.05) is 26.2 Å². The maximum atomic E-state index is 12.1. The van der Waals surface area contributed by atoms with Gasteiger partial charge in [0.05, 0.1) is 6.20 Å². The fraction of sp³-hybridized carbons (Fsp3) is 0.545. The first-order valence-electron chi connectivity index (χ1n) is 5.60. The molecule has 0 radical (unpaired) electrons. The molecule has 5 nitrogen and oxygen atoms in total. The first-order valence-corrected chi connectivity index (χ1v) is 5.60. The van der Waals surface area contributed by atoms with E-state index in [1.165, 1.54) is 6.20 Å². The first-order chi connectivity index (χ1) is 7.84. The minimum Gasteiger partial charge on any atom is -0.337 e. The molecule has 2 aliphatic heterocycles. The number of fused-ring (bicyclic) bond motifs is 1. The molecule has 1 amide bonds. The molecule has 0 spiro atoms. The summed E-state index contributed by atoms with van der Waals surface area (Å²) in [6.45, 7) is 3.78. The summed E-state index contributed by atoms with van der Waals surface area (Å²) in [6.07, 6.45) is 4.68. The standard InChI is InChI=1S/C11H14N4O/c16-11(10-5-12-1-2-14-10)15-6-8-3-13-4-9(8)7-15/h1-2,5,8-9,13H,3-4,6-7H2. The fourth-order valence-electron chi connectivity index (χ4n) is 2.59. The van der Waals surface area contributed by atoms with Crippen LogP contribution in [-0.2, 0) is 0 Å². The summed E-state index contributed by atoms with van der Waals surface area (Å²) in [5.41, 5.74) is 0.454. The quantitative estimate of drug-likeness (QED) is 0.707. The summed E-state index contributed by atoms with van der Waals surface area (Å²) >= 11 is 0. The Morgan fingerprint density at radius 1 is 1.31 bits per heavy atom. The van der Waals surface area contributed by atoms with E-state index in [1.807, 2.05) is 4.90 Å². The second kappa shape index (κ2) is 3.83. The summed E-state index contributed by atoms with van der Waals surface area (Å²) in [6, 6.07) is 0. The zero-order valence-electron chi connectivity index (χ0n) is 8.97. The number of amides is 1. The molecule has 1 aromatic rings. The van der Waals surface area contributed by atoms with Crippen LogP contribution in [0.1, 0.15) is 10.5 Å². The van der Waals surface area contributed by atoms with E-state index >= 15 is 0 Å². The second-order valence-electron chi connectivity index (χ2n) is 4.48. The molecule has 3 heterocycles. The van der Waals surface area contributed by atoms with Crippen molar-refractivity contribution in [2.45, 2.75) is 0 Å². The van der Waals surface area contributed by atoms with E-state index in [9.17, 15) is 4.79 Å². The number of nitrogens with one attached hydrogen (secondary N) is 1. The minimum atomic E-state index is 0.0162. The number of carbonyl (C=O) groups excluding carboxylic acids is 1. The van der Waals surface area contributed by atoms with Gasteiger partial charge in [-0.2, -0.15) is 0 Å². The largest absolute Gasteiger partial charge is 0.337 e. The monoisotopic (exact) mass is 218 g/mol. The Kier molecular flexibility index (Phi) is 2.32. The van der Waals surface area contributed by atoms with E-state index in [0.717, 1.165) is 26.2 Å². The van der Waals surface area contributed by atoms with Crippen LogP contribution in [0.25, 0.3) is 0 Å². The van der Waals surface area contributed by atoms with Gasteiger partial charge < -0.3 is 10.2 Å². The van der Waals surface area contributed by atoms with Gasteiger partial charge in [0.25, 0.3) is 5.91 Å². The Morgan fingerprint density at radius 2 is 2.06 bits per heavy atom. The van der Waals surface area contributed by atoms with Crippen molar-refractivity contribution in [3.63, 3.8) is 0 Å². The molecule has 0 bridgehead atoms. The average molecular weight is 218 g/mol. The van der Waals surface area contributed by atoms with Crippen LogP contribution >= 0.6 is 0 Å². The smallest absolute Gasteiger partial charge is 0.274 e. The Morgan fingerprint density at radius 3 is 2.69 bits per heavy atom. The van der Waals surface area contributed by atoms with E-state index in [0.29, 0.717) is 17.5 Å². The van der Waals surface area contributed by atoms with Gasteiger partial charge in [-0.3, -0.25) is 9.78 Å². The average Bonchev–Trinajstić information content (AvgIpc) is 2.89. The van der Waals surface area contributed by atoms with Crippen LogP contribution in [0.5, 0.6) is 0 Å². The van der Waals surface area contributed by atoms with Crippen molar-refractivity contribution in [3.05, 3.63) is 24.3 Å². The summed E-state index contributed by atoms with van der Waals surface area (Å²) in [7, 11) is 0. The lowest BCUT2D eigenvalue weighted by Crippen LogP contribution is -2.32. The molecule has 0 saturated carbocycles. The molecule has 3 rings (SSSR count). The van der Waals surface area contributed by atoms with Crippen molar-refractivity contribution in [3.8, 4) is 0 Å². The Labute approximate surface area is 93.9 Å². The topological polar surface area (TPSA) is 58.1 Å². The first kappa shape index (κ1) is 9.72. The summed E-state index contributed by atoms with van der Waals surface area (Å²) < 4.78 is 0. The molecule has 84 valence electrons. The molecule has 2 aliphatic rings. The molecule has 0 aliphatic carbocycles. The van der Waals surface area contributed by atoms with Crippen molar-refractivity contribution in [1.82, 2.24) is 20.2 Å². The number of hydrogen-bond acceptors (Lipinski definition) is 4. The molecule has 2 unspecified atom stereocenters. The molecule has 1 N–H and O–H groups in total. The zero-order valence-corrected chi connectivity index (χ0v) is 8.97. The van der Waals surface area contributed by atoms with Crippen LogP contribution < -0.4 is 5.32 Å². The number of carbonyl (C=O) groups is 1. The van der Waals surface area contributed by atoms with Gasteiger partial charge in [-0.05, 0) is 11.8 Å². The third-order valence-corrected chi connectivity index (χ3v) is 3.46. The molecule has 5 heteroatoms. The Hall–Kier alpha value is -1.49. The zero-order chi connectivity index (χ0) is 11.0. The highest BCUT2D eigenvalue weighted by Gasteiger charge is 2.38. The molecule has 16 heavy (non-hydrogen) atoms. The number of rotatable bonds is 1. The summed E-state index contributed by atoms with van der Waals surface area (Å²) in [4.78, 5) is 22.0. The van der Waals surface area contributed by atoms with Crippen molar-refractivity contribution < 1.29 is 4.79 Å². The van der Waals surface area contributed by atoms with Crippen LogP contribution in [0, 0.1) is 11.8 Å². The van der Waals surface area contributed by atoms with Crippen molar-refractivity contribution in [2.24, 2.45) is 11.8 Å². The van der Waals surface area contributed by atoms with Crippen LogP contribution in [0.4, 0.5) is 0 Å². The van der Waals surface area contributed by atoms with Crippen molar-refractivity contribution >= 4 is 5.91 Å². The van der Waals surface area contributed by atoms with Crippen LogP contribution in [0.3, 0.4) is 0 Å². The SMILES string of the molecule is O=C(c1cnccn1)N1CC2CNCC2C1. The maximum absolute atomic E-state index is 12.1. The van der Waals surface area contributed by atoms with E-state index in [4.69, 9.17) is 0 Å². The van der Waals surface area contributed by atoms with Gasteiger partial charge in [0.1, 0.15) is 5.69 Å². The third kappa shape index (κ3) is 1.57. The van der Waals surface area contributed by atoms with Crippen LogP contribution in [-0.4, -0.2) is 47.0 Å². The van der Waals surface area contributed by atoms with E-state index < -0.39 is 0 Å². The Balaban J connectivity index is 1.73. The van der Waals surface area contributed by atoms with E-state index in [-0.39, 0.29) is 5.91 Å². The van der Waals surface area contributed by atoms with Gasteiger partial charge in [-0.25, -0.2) is 4.98 Å². The molecule has 0 aromatic carbocycles. The molecule has 2 fully saturated rings. The molecule has 2 saturated heterocycles. The van der Waals surface area contributed by atoms with Crippen LogP contribution in [0.15, 0.2) is 18.6 Å². The third-order valence-electron chi connectivity index (χ3n) is 3.46. The lowest BCUT2D eigenvalue weighted by atomic mass is 10.0. The predicted molar refractivity (Wildman–Crippen MR) is 57.8 cm³/mol. The Bertz CT molecular complexity index is 382. The highest BCUT2D eigenvalue weighted by Crippen LogP contribution is 2.26. The van der Waals surface area contributed by atoms with Crippen LogP contribution in [0.2, 0.25) is 0 Å². The van der Waals surface area contributed by atoms with Gasteiger partial charge >= 0.3 is 0 Å². The van der Waals surface area contributed by atoms with Crippen molar-refractivity contribution in [1.29, 1.82) is 0 Å². The minimum absolute atomic E-state index is 0.0162. The molecular weight excluding hydrogens is 204 g/mol. The number of nitrogens with zero attached hydrogens (tertiary/aromatic N) is 3. The normalized spacial score (nSPS) is 28.1. The van der Waals surface area contributed by atoms with Gasteiger partial charge in [-0.1, -0.05) is 0 Å². The second-order valence-corrected chi connectivity index (χ2v) is 4.48.